The number of rotatable bonds is 2. The highest BCUT2D eigenvalue weighted by Crippen LogP contribution is 2.25. The molecule has 0 fully saturated rings. The third kappa shape index (κ3) is 3.85. The number of allylic oxidation sites excluding steroid dienone is 4. The van der Waals surface area contributed by atoms with Gasteiger partial charge in [0.1, 0.15) is 0 Å². The Balaban J connectivity index is 4.53. The summed E-state index contributed by atoms with van der Waals surface area (Å²) in [5.74, 6) is 0. The van der Waals surface area contributed by atoms with Crippen LogP contribution >= 0.6 is 0 Å². The Bertz CT molecular complexity index is 223. The average molecular weight is 177 g/mol. The van der Waals surface area contributed by atoms with Gasteiger partial charge in [0.15, 0.2) is 0 Å². The molecule has 0 aromatic heterocycles. The molecule has 0 saturated carbocycles. The molecule has 0 aromatic carbocycles. The summed E-state index contributed by atoms with van der Waals surface area (Å²) in [6, 6.07) is 0. The lowest BCUT2D eigenvalue weighted by Crippen LogP contribution is -2.11. The summed E-state index contributed by atoms with van der Waals surface area (Å²) < 4.78 is 35.8. The van der Waals surface area contributed by atoms with Crippen molar-refractivity contribution in [2.24, 2.45) is 5.73 Å². The van der Waals surface area contributed by atoms with Crippen LogP contribution in [0.1, 0.15) is 6.92 Å². The molecule has 0 rings (SSSR count). The number of halogens is 3. The Morgan fingerprint density at radius 3 is 2.08 bits per heavy atom. The van der Waals surface area contributed by atoms with Crippen molar-refractivity contribution >= 4 is 0 Å². The first-order valence-electron chi connectivity index (χ1n) is 3.20. The maximum Gasteiger partial charge on any atom is 0.417 e. The molecule has 0 aliphatic rings. The van der Waals surface area contributed by atoms with Crippen molar-refractivity contribution in [2.45, 2.75) is 13.1 Å². The van der Waals surface area contributed by atoms with Gasteiger partial charge in [-0.25, -0.2) is 0 Å². The molecule has 12 heavy (non-hydrogen) atoms. The van der Waals surface area contributed by atoms with Gasteiger partial charge >= 0.3 is 6.18 Å². The zero-order chi connectivity index (χ0) is 9.78. The lowest BCUT2D eigenvalue weighted by atomic mass is 10.2. The van der Waals surface area contributed by atoms with Crippen molar-refractivity contribution in [2.75, 3.05) is 0 Å². The Morgan fingerprint density at radius 2 is 1.83 bits per heavy atom. The van der Waals surface area contributed by atoms with Gasteiger partial charge in [0.2, 0.25) is 0 Å². The molecule has 0 unspecified atom stereocenters. The molecule has 0 aliphatic heterocycles. The highest BCUT2D eigenvalue weighted by molar-refractivity contribution is 5.27. The molecular weight excluding hydrogens is 167 g/mol. The molecular formula is C8H10F3N. The standard InChI is InChI=1S/C8H10F3N/c1-6(2)3-4-7(5-12)8(9,10)11/h3-5H,1,12H2,2H3/b4-3-,7-5+. The molecule has 2 N–H and O–H groups in total. The van der Waals surface area contributed by atoms with Crippen molar-refractivity contribution in [3.05, 3.63) is 36.1 Å². The molecule has 0 aromatic rings. The highest BCUT2D eigenvalue weighted by Gasteiger charge is 2.31. The topological polar surface area (TPSA) is 26.0 Å². The number of alkyl halides is 3. The van der Waals surface area contributed by atoms with Crippen LogP contribution in [-0.2, 0) is 0 Å². The summed E-state index contributed by atoms with van der Waals surface area (Å²) in [5.41, 5.74) is 4.45. The molecule has 0 aliphatic carbocycles. The third-order valence-corrected chi connectivity index (χ3v) is 1.05. The van der Waals surface area contributed by atoms with Gasteiger partial charge in [-0.05, 0) is 13.0 Å². The zero-order valence-electron chi connectivity index (χ0n) is 6.65. The molecule has 0 spiro atoms. The van der Waals surface area contributed by atoms with Gasteiger partial charge in [-0.15, -0.1) is 0 Å². The summed E-state index contributed by atoms with van der Waals surface area (Å²) in [5, 5.41) is 0. The predicted octanol–water partition coefficient (Wildman–Crippen LogP) is 2.52. The largest absolute Gasteiger partial charge is 0.417 e. The Morgan fingerprint density at radius 1 is 1.33 bits per heavy atom. The second-order valence-electron chi connectivity index (χ2n) is 2.30. The van der Waals surface area contributed by atoms with E-state index in [0.717, 1.165) is 6.08 Å². The van der Waals surface area contributed by atoms with Gasteiger partial charge in [0.25, 0.3) is 0 Å². The second kappa shape index (κ2) is 3.99. The minimum atomic E-state index is -4.39. The van der Waals surface area contributed by atoms with Crippen LogP contribution in [0, 0.1) is 0 Å². The van der Waals surface area contributed by atoms with E-state index in [1.54, 1.807) is 6.92 Å². The van der Waals surface area contributed by atoms with Crippen molar-refractivity contribution in [1.29, 1.82) is 0 Å². The third-order valence-electron chi connectivity index (χ3n) is 1.05. The summed E-state index contributed by atoms with van der Waals surface area (Å²) in [6.45, 7) is 5.02. The van der Waals surface area contributed by atoms with Crippen molar-refractivity contribution < 1.29 is 13.2 Å². The fourth-order valence-corrected chi connectivity index (χ4v) is 0.477. The van der Waals surface area contributed by atoms with Gasteiger partial charge in [0, 0.05) is 6.20 Å². The predicted molar refractivity (Wildman–Crippen MR) is 42.3 cm³/mol. The zero-order valence-corrected chi connectivity index (χ0v) is 6.65. The van der Waals surface area contributed by atoms with Crippen molar-refractivity contribution in [3.8, 4) is 0 Å². The van der Waals surface area contributed by atoms with E-state index in [2.05, 4.69) is 6.58 Å². The van der Waals surface area contributed by atoms with E-state index in [9.17, 15) is 13.2 Å². The van der Waals surface area contributed by atoms with Crippen LogP contribution in [0.2, 0.25) is 0 Å². The number of nitrogens with two attached hydrogens (primary N) is 1. The fraction of sp³-hybridized carbons (Fsp3) is 0.250. The first-order chi connectivity index (χ1) is 5.38. The smallest absolute Gasteiger partial charge is 0.404 e. The molecule has 0 radical (unpaired) electrons. The van der Waals surface area contributed by atoms with Gasteiger partial charge in [0.05, 0.1) is 5.57 Å². The van der Waals surface area contributed by atoms with Crippen LogP contribution in [0.15, 0.2) is 36.1 Å². The maximum absolute atomic E-state index is 11.9. The van der Waals surface area contributed by atoms with Crippen LogP contribution in [0.5, 0.6) is 0 Å². The van der Waals surface area contributed by atoms with E-state index in [1.165, 1.54) is 6.08 Å². The van der Waals surface area contributed by atoms with E-state index in [4.69, 9.17) is 5.73 Å². The normalized spacial score (nSPS) is 13.8. The lowest BCUT2D eigenvalue weighted by Gasteiger charge is -2.05. The Hall–Kier alpha value is -1.19. The van der Waals surface area contributed by atoms with E-state index in [1.807, 2.05) is 0 Å². The minimum Gasteiger partial charge on any atom is -0.404 e. The summed E-state index contributed by atoms with van der Waals surface area (Å²) in [7, 11) is 0. The molecule has 1 nitrogen and oxygen atoms in total. The van der Waals surface area contributed by atoms with E-state index >= 15 is 0 Å². The van der Waals surface area contributed by atoms with Crippen molar-refractivity contribution in [1.82, 2.24) is 0 Å². The van der Waals surface area contributed by atoms with Gasteiger partial charge in [-0.2, -0.15) is 13.2 Å². The van der Waals surface area contributed by atoms with E-state index in [0.29, 0.717) is 11.8 Å². The van der Waals surface area contributed by atoms with Crippen LogP contribution in [-0.4, -0.2) is 6.18 Å². The molecule has 0 saturated heterocycles. The average Bonchev–Trinajstić information content (AvgIpc) is 1.85. The lowest BCUT2D eigenvalue weighted by molar-refractivity contribution is -0.0883. The maximum atomic E-state index is 11.9. The monoisotopic (exact) mass is 177 g/mol. The minimum absolute atomic E-state index is 0.527. The van der Waals surface area contributed by atoms with Gasteiger partial charge < -0.3 is 5.73 Å². The second-order valence-corrected chi connectivity index (χ2v) is 2.30. The van der Waals surface area contributed by atoms with Crippen LogP contribution in [0.4, 0.5) is 13.2 Å². The number of hydrogen-bond donors (Lipinski definition) is 1. The first-order valence-corrected chi connectivity index (χ1v) is 3.20. The molecule has 68 valence electrons. The SMILES string of the molecule is C=C(C)/C=C\C(=C/N)C(F)(F)F. The van der Waals surface area contributed by atoms with Gasteiger partial charge in [-0.1, -0.05) is 18.2 Å². The molecule has 0 atom stereocenters. The number of hydrogen-bond acceptors (Lipinski definition) is 1. The van der Waals surface area contributed by atoms with Crippen LogP contribution < -0.4 is 5.73 Å². The summed E-state index contributed by atoms with van der Waals surface area (Å²) >= 11 is 0. The Labute approximate surface area is 69.1 Å². The molecule has 0 bridgehead atoms. The van der Waals surface area contributed by atoms with E-state index in [-0.39, 0.29) is 0 Å². The molecule has 4 heteroatoms. The first kappa shape index (κ1) is 10.8. The quantitative estimate of drug-likeness (QED) is 0.644. The van der Waals surface area contributed by atoms with Gasteiger partial charge in [-0.3, -0.25) is 0 Å². The van der Waals surface area contributed by atoms with Crippen molar-refractivity contribution in [3.63, 3.8) is 0 Å². The summed E-state index contributed by atoms with van der Waals surface area (Å²) in [4.78, 5) is 0. The van der Waals surface area contributed by atoms with Crippen LogP contribution in [0.25, 0.3) is 0 Å². The fourth-order valence-electron chi connectivity index (χ4n) is 0.477. The summed E-state index contributed by atoms with van der Waals surface area (Å²) in [6.07, 6.45) is -1.71. The highest BCUT2D eigenvalue weighted by atomic mass is 19.4. The molecule has 0 heterocycles. The van der Waals surface area contributed by atoms with E-state index < -0.39 is 11.7 Å². The van der Waals surface area contributed by atoms with Crippen LogP contribution in [0.3, 0.4) is 0 Å². The molecule has 0 amide bonds. The Kier molecular flexibility index (Phi) is 3.60.